The van der Waals surface area contributed by atoms with Gasteiger partial charge in [0.05, 0.1) is 0 Å². The van der Waals surface area contributed by atoms with Crippen LogP contribution < -0.4 is 5.32 Å². The molecule has 0 aromatic heterocycles. The third-order valence-corrected chi connectivity index (χ3v) is 3.71. The number of hydrogen-bond donors (Lipinski definition) is 1. The van der Waals surface area contributed by atoms with Gasteiger partial charge in [-0.25, -0.2) is 0 Å². The van der Waals surface area contributed by atoms with E-state index in [4.69, 9.17) is 0 Å². The lowest BCUT2D eigenvalue weighted by Gasteiger charge is -2.21. The van der Waals surface area contributed by atoms with Gasteiger partial charge in [0.2, 0.25) is 0 Å². The molecule has 1 saturated heterocycles. The molecule has 16 heavy (non-hydrogen) atoms. The van der Waals surface area contributed by atoms with E-state index in [0.29, 0.717) is 0 Å². The van der Waals surface area contributed by atoms with Crippen molar-refractivity contribution in [1.82, 2.24) is 15.1 Å². The fourth-order valence-corrected chi connectivity index (χ4v) is 2.63. The van der Waals surface area contributed by atoms with Crippen molar-refractivity contribution < 1.29 is 0 Å². The molecule has 3 heteroatoms. The molecule has 0 radical (unpaired) electrons. The second-order valence-corrected chi connectivity index (χ2v) is 4.89. The molecule has 96 valence electrons. The Labute approximate surface area is 101 Å². The van der Waals surface area contributed by atoms with Gasteiger partial charge in [-0.3, -0.25) is 0 Å². The molecule has 0 amide bonds. The number of rotatable bonds is 8. The summed E-state index contributed by atoms with van der Waals surface area (Å²) in [5, 5.41) is 3.29. The maximum Gasteiger partial charge on any atom is 0.00223 e. The van der Waals surface area contributed by atoms with Gasteiger partial charge in [-0.05, 0) is 65.1 Å². The second kappa shape index (κ2) is 8.04. The first-order valence-electron chi connectivity index (χ1n) is 6.89. The molecular weight excluding hydrogens is 198 g/mol. The van der Waals surface area contributed by atoms with Gasteiger partial charge >= 0.3 is 0 Å². The van der Waals surface area contributed by atoms with Crippen molar-refractivity contribution in [2.24, 2.45) is 5.92 Å². The quantitative estimate of drug-likeness (QED) is 0.673. The predicted molar refractivity (Wildman–Crippen MR) is 70.9 cm³/mol. The van der Waals surface area contributed by atoms with E-state index in [1.165, 1.54) is 58.7 Å². The van der Waals surface area contributed by atoms with E-state index in [1.54, 1.807) is 0 Å². The average molecular weight is 227 g/mol. The molecule has 1 aliphatic heterocycles. The van der Waals surface area contributed by atoms with Crippen LogP contribution in [0.5, 0.6) is 0 Å². The molecule has 1 heterocycles. The smallest absolute Gasteiger partial charge is 0.00223 e. The summed E-state index contributed by atoms with van der Waals surface area (Å²) in [6, 6.07) is 0. The second-order valence-electron chi connectivity index (χ2n) is 4.89. The molecule has 1 aliphatic rings. The molecule has 0 saturated carbocycles. The number of nitrogens with one attached hydrogen (secondary N) is 1. The van der Waals surface area contributed by atoms with Crippen LogP contribution in [0.15, 0.2) is 0 Å². The minimum Gasteiger partial charge on any atom is -0.319 e. The van der Waals surface area contributed by atoms with Crippen molar-refractivity contribution in [1.29, 1.82) is 0 Å². The van der Waals surface area contributed by atoms with Crippen LogP contribution in [0.4, 0.5) is 0 Å². The highest BCUT2D eigenvalue weighted by molar-refractivity contribution is 4.76. The molecule has 0 bridgehead atoms. The van der Waals surface area contributed by atoms with Crippen LogP contribution in [-0.4, -0.2) is 62.7 Å². The van der Waals surface area contributed by atoms with Crippen molar-refractivity contribution >= 4 is 0 Å². The summed E-state index contributed by atoms with van der Waals surface area (Å²) in [6.07, 6.45) is 2.71. The molecule has 0 aliphatic carbocycles. The number of hydrogen-bond acceptors (Lipinski definition) is 3. The van der Waals surface area contributed by atoms with E-state index in [1.807, 2.05) is 0 Å². The monoisotopic (exact) mass is 227 g/mol. The van der Waals surface area contributed by atoms with E-state index in [-0.39, 0.29) is 0 Å². The Kier molecular flexibility index (Phi) is 7.01. The zero-order valence-electron chi connectivity index (χ0n) is 11.3. The summed E-state index contributed by atoms with van der Waals surface area (Å²) in [5.41, 5.74) is 0. The first-order valence-corrected chi connectivity index (χ1v) is 6.89. The van der Waals surface area contributed by atoms with Gasteiger partial charge in [-0.1, -0.05) is 13.8 Å². The fourth-order valence-electron chi connectivity index (χ4n) is 2.63. The summed E-state index contributed by atoms with van der Waals surface area (Å²) < 4.78 is 0. The normalized spacial score (nSPS) is 22.1. The van der Waals surface area contributed by atoms with Gasteiger partial charge in [-0.15, -0.1) is 0 Å². The maximum absolute atomic E-state index is 3.29. The van der Waals surface area contributed by atoms with Crippen molar-refractivity contribution in [3.8, 4) is 0 Å². The molecule has 0 spiro atoms. The number of likely N-dealkylation sites (tertiary alicyclic amines) is 1. The zero-order valence-corrected chi connectivity index (χ0v) is 11.3. The Hall–Kier alpha value is -0.120. The van der Waals surface area contributed by atoms with Crippen LogP contribution in [-0.2, 0) is 0 Å². The summed E-state index contributed by atoms with van der Waals surface area (Å²) in [5.74, 6) is 0.887. The topological polar surface area (TPSA) is 18.5 Å². The van der Waals surface area contributed by atoms with Crippen LogP contribution in [0.3, 0.4) is 0 Å². The van der Waals surface area contributed by atoms with Crippen LogP contribution in [0.1, 0.15) is 26.7 Å². The summed E-state index contributed by atoms with van der Waals surface area (Å²) in [4.78, 5) is 5.15. The lowest BCUT2D eigenvalue weighted by molar-refractivity contribution is 0.259. The van der Waals surface area contributed by atoms with Gasteiger partial charge in [-0.2, -0.15) is 0 Å². The highest BCUT2D eigenvalue weighted by atomic mass is 15.2. The average Bonchev–Trinajstić information content (AvgIpc) is 2.73. The molecule has 1 unspecified atom stereocenters. The summed E-state index contributed by atoms with van der Waals surface area (Å²) in [6.45, 7) is 13.2. The van der Waals surface area contributed by atoms with Gasteiger partial charge < -0.3 is 15.1 Å². The van der Waals surface area contributed by atoms with Crippen LogP contribution in [0.25, 0.3) is 0 Å². The molecule has 0 aromatic carbocycles. The first kappa shape index (κ1) is 13.9. The van der Waals surface area contributed by atoms with Crippen LogP contribution in [0, 0.1) is 5.92 Å². The van der Waals surface area contributed by atoms with E-state index >= 15 is 0 Å². The molecule has 3 nitrogen and oxygen atoms in total. The van der Waals surface area contributed by atoms with Crippen molar-refractivity contribution in [2.75, 3.05) is 52.9 Å². The highest BCUT2D eigenvalue weighted by Gasteiger charge is 2.20. The van der Waals surface area contributed by atoms with Gasteiger partial charge in [0, 0.05) is 6.54 Å². The SMILES string of the molecule is CCN(CC)CCCN1CCC(CNC)C1. The largest absolute Gasteiger partial charge is 0.319 e. The standard InChI is InChI=1S/C13H29N3/c1-4-15(5-2)8-6-9-16-10-7-13(12-16)11-14-3/h13-14H,4-12H2,1-3H3. The Bertz CT molecular complexity index is 169. The first-order chi connectivity index (χ1) is 7.80. The van der Waals surface area contributed by atoms with E-state index < -0.39 is 0 Å². The van der Waals surface area contributed by atoms with Crippen LogP contribution in [0.2, 0.25) is 0 Å². The molecule has 1 fully saturated rings. The van der Waals surface area contributed by atoms with E-state index in [0.717, 1.165) is 5.92 Å². The van der Waals surface area contributed by atoms with E-state index in [9.17, 15) is 0 Å². The number of nitrogens with zero attached hydrogens (tertiary/aromatic N) is 2. The Morgan fingerprint density at radius 2 is 2.06 bits per heavy atom. The minimum atomic E-state index is 0.887. The van der Waals surface area contributed by atoms with Crippen molar-refractivity contribution in [2.45, 2.75) is 26.7 Å². The molecule has 1 rings (SSSR count). The minimum absolute atomic E-state index is 0.887. The Balaban J connectivity index is 2.06. The zero-order chi connectivity index (χ0) is 11.8. The van der Waals surface area contributed by atoms with Gasteiger partial charge in [0.15, 0.2) is 0 Å². The lowest BCUT2D eigenvalue weighted by atomic mass is 10.1. The van der Waals surface area contributed by atoms with Gasteiger partial charge in [0.1, 0.15) is 0 Å². The lowest BCUT2D eigenvalue weighted by Crippen LogP contribution is -2.29. The Morgan fingerprint density at radius 1 is 1.31 bits per heavy atom. The maximum atomic E-state index is 3.29. The Morgan fingerprint density at radius 3 is 2.69 bits per heavy atom. The summed E-state index contributed by atoms with van der Waals surface area (Å²) >= 11 is 0. The molecular formula is C13H29N3. The molecule has 1 atom stereocenters. The van der Waals surface area contributed by atoms with Gasteiger partial charge in [0.25, 0.3) is 0 Å². The summed E-state index contributed by atoms with van der Waals surface area (Å²) in [7, 11) is 2.06. The van der Waals surface area contributed by atoms with Crippen molar-refractivity contribution in [3.63, 3.8) is 0 Å². The van der Waals surface area contributed by atoms with E-state index in [2.05, 4.69) is 36.0 Å². The molecule has 0 aromatic rings. The predicted octanol–water partition coefficient (Wildman–Crippen LogP) is 1.26. The highest BCUT2D eigenvalue weighted by Crippen LogP contribution is 2.15. The molecule has 1 N–H and O–H groups in total. The third kappa shape index (κ3) is 4.81. The van der Waals surface area contributed by atoms with Crippen molar-refractivity contribution in [3.05, 3.63) is 0 Å². The fraction of sp³-hybridized carbons (Fsp3) is 1.00. The third-order valence-electron chi connectivity index (χ3n) is 3.71. The van der Waals surface area contributed by atoms with Crippen LogP contribution >= 0.6 is 0 Å².